The summed E-state index contributed by atoms with van der Waals surface area (Å²) in [6.07, 6.45) is 2.01. The average molecular weight is 299 g/mol. The molecule has 114 valence electrons. The van der Waals surface area contributed by atoms with E-state index in [1.807, 2.05) is 10.8 Å². The Morgan fingerprint density at radius 3 is 2.55 bits per heavy atom. The molecule has 0 radical (unpaired) electrons. The number of aromatic nitrogens is 1. The summed E-state index contributed by atoms with van der Waals surface area (Å²) in [5, 5.41) is 10.3. The highest BCUT2D eigenvalue weighted by Gasteiger charge is 2.12. The molecule has 0 saturated carbocycles. The van der Waals surface area contributed by atoms with Gasteiger partial charge in [0.2, 0.25) is 0 Å². The highest BCUT2D eigenvalue weighted by atomic mass is 19.1. The number of ether oxygens (including phenoxy) is 1. The molecule has 4 heteroatoms. The van der Waals surface area contributed by atoms with Gasteiger partial charge in [-0.25, -0.2) is 4.39 Å². The summed E-state index contributed by atoms with van der Waals surface area (Å²) in [4.78, 5) is 0. The summed E-state index contributed by atoms with van der Waals surface area (Å²) in [7, 11) is 0. The first-order valence-corrected chi connectivity index (χ1v) is 7.25. The van der Waals surface area contributed by atoms with E-state index >= 15 is 0 Å². The molecule has 1 heterocycles. The fraction of sp³-hybridized carbons (Fsp3) is 0.222. The summed E-state index contributed by atoms with van der Waals surface area (Å²) >= 11 is 0. The van der Waals surface area contributed by atoms with Crippen LogP contribution in [0.4, 0.5) is 4.39 Å². The van der Waals surface area contributed by atoms with E-state index in [2.05, 4.69) is 13.8 Å². The first-order valence-electron chi connectivity index (χ1n) is 7.25. The molecule has 3 nitrogen and oxygen atoms in total. The summed E-state index contributed by atoms with van der Waals surface area (Å²) in [5.74, 6) is 0.656. The van der Waals surface area contributed by atoms with Crippen LogP contribution in [0.5, 0.6) is 11.5 Å². The molecule has 3 rings (SSSR count). The molecule has 1 N–H and O–H groups in total. The second-order valence-electron chi connectivity index (χ2n) is 5.60. The van der Waals surface area contributed by atoms with Crippen LogP contribution >= 0.6 is 0 Å². The number of aromatic hydroxyl groups is 1. The molecule has 0 saturated heterocycles. The van der Waals surface area contributed by atoms with Crippen LogP contribution < -0.4 is 4.74 Å². The van der Waals surface area contributed by atoms with Gasteiger partial charge in [0.05, 0.1) is 5.52 Å². The van der Waals surface area contributed by atoms with Crippen LogP contribution in [0.25, 0.3) is 10.9 Å². The van der Waals surface area contributed by atoms with E-state index in [1.165, 1.54) is 6.07 Å². The van der Waals surface area contributed by atoms with E-state index in [0.717, 1.165) is 16.5 Å². The van der Waals surface area contributed by atoms with E-state index < -0.39 is 0 Å². The summed E-state index contributed by atoms with van der Waals surface area (Å²) in [6.45, 7) is 4.52. The van der Waals surface area contributed by atoms with Crippen LogP contribution in [0, 0.1) is 5.82 Å². The minimum atomic E-state index is -0.237. The zero-order valence-corrected chi connectivity index (χ0v) is 12.6. The molecule has 0 bridgehead atoms. The molecule has 0 aliphatic rings. The monoisotopic (exact) mass is 299 g/mol. The van der Waals surface area contributed by atoms with Gasteiger partial charge in [0.1, 0.15) is 23.9 Å². The lowest BCUT2D eigenvalue weighted by Gasteiger charge is -2.08. The van der Waals surface area contributed by atoms with Crippen molar-refractivity contribution in [1.29, 1.82) is 0 Å². The Labute approximate surface area is 128 Å². The van der Waals surface area contributed by atoms with Gasteiger partial charge in [0.25, 0.3) is 0 Å². The smallest absolute Gasteiger partial charge is 0.125 e. The van der Waals surface area contributed by atoms with Gasteiger partial charge in [-0.3, -0.25) is 0 Å². The number of phenols is 1. The van der Waals surface area contributed by atoms with Gasteiger partial charge in [0, 0.05) is 23.2 Å². The van der Waals surface area contributed by atoms with Crippen LogP contribution in [-0.2, 0) is 6.61 Å². The number of hydrogen-bond donors (Lipinski definition) is 1. The molecular formula is C18H18FNO2. The number of nitrogens with zero attached hydrogens (tertiary/aromatic N) is 1. The highest BCUT2D eigenvalue weighted by Crippen LogP contribution is 2.27. The van der Waals surface area contributed by atoms with E-state index in [4.69, 9.17) is 4.74 Å². The molecule has 0 aliphatic heterocycles. The molecule has 0 spiro atoms. The Morgan fingerprint density at radius 2 is 1.86 bits per heavy atom. The Kier molecular flexibility index (Phi) is 3.75. The van der Waals surface area contributed by atoms with Crippen molar-refractivity contribution in [3.8, 4) is 11.5 Å². The van der Waals surface area contributed by atoms with Gasteiger partial charge in [-0.2, -0.15) is 0 Å². The maximum absolute atomic E-state index is 13.5. The van der Waals surface area contributed by atoms with Gasteiger partial charge in [0.15, 0.2) is 0 Å². The van der Waals surface area contributed by atoms with Gasteiger partial charge >= 0.3 is 0 Å². The molecule has 0 aliphatic carbocycles. The van der Waals surface area contributed by atoms with E-state index in [1.54, 1.807) is 36.4 Å². The quantitative estimate of drug-likeness (QED) is 0.761. The van der Waals surface area contributed by atoms with Crippen LogP contribution in [0.2, 0.25) is 0 Å². The molecule has 2 aromatic carbocycles. The summed E-state index contributed by atoms with van der Waals surface area (Å²) in [5.41, 5.74) is 1.89. The Morgan fingerprint density at radius 1 is 1.14 bits per heavy atom. The van der Waals surface area contributed by atoms with Crippen molar-refractivity contribution in [2.24, 2.45) is 0 Å². The van der Waals surface area contributed by atoms with Crippen LogP contribution in [0.3, 0.4) is 0 Å². The third-order valence-electron chi connectivity index (χ3n) is 3.67. The van der Waals surface area contributed by atoms with Crippen molar-refractivity contribution in [2.75, 3.05) is 0 Å². The number of fused-ring (bicyclic) bond motifs is 1. The number of rotatable bonds is 4. The van der Waals surface area contributed by atoms with Crippen LogP contribution in [0.15, 0.2) is 48.7 Å². The van der Waals surface area contributed by atoms with Gasteiger partial charge in [-0.1, -0.05) is 0 Å². The van der Waals surface area contributed by atoms with Crippen molar-refractivity contribution in [2.45, 2.75) is 26.5 Å². The van der Waals surface area contributed by atoms with Crippen molar-refractivity contribution in [3.63, 3.8) is 0 Å². The topological polar surface area (TPSA) is 34.4 Å². The lowest BCUT2D eigenvalue weighted by molar-refractivity contribution is 0.306. The Hall–Kier alpha value is -2.49. The minimum Gasteiger partial charge on any atom is -0.508 e. The zero-order chi connectivity index (χ0) is 15.7. The second-order valence-corrected chi connectivity index (χ2v) is 5.60. The fourth-order valence-corrected chi connectivity index (χ4v) is 2.54. The van der Waals surface area contributed by atoms with Gasteiger partial charge < -0.3 is 14.4 Å². The summed E-state index contributed by atoms with van der Waals surface area (Å²) in [6, 6.07) is 11.7. The predicted octanol–water partition coefficient (Wildman–Crippen LogP) is 4.65. The van der Waals surface area contributed by atoms with Crippen molar-refractivity contribution in [1.82, 2.24) is 4.57 Å². The molecule has 0 atom stereocenters. The predicted molar refractivity (Wildman–Crippen MR) is 84.7 cm³/mol. The molecule has 0 fully saturated rings. The number of halogens is 1. The number of benzene rings is 2. The second kappa shape index (κ2) is 5.72. The maximum Gasteiger partial charge on any atom is 0.125 e. The standard InChI is InChI=1S/C18H18FNO2/c1-12(2)20-10-13(17-8-3-14(19)9-18(17)20)11-22-16-6-4-15(21)5-7-16/h3-10,12,21H,11H2,1-2H3. The first-order chi connectivity index (χ1) is 10.5. The highest BCUT2D eigenvalue weighted by molar-refractivity contribution is 5.84. The van der Waals surface area contributed by atoms with Crippen LogP contribution in [0.1, 0.15) is 25.5 Å². The first kappa shape index (κ1) is 14.4. The largest absolute Gasteiger partial charge is 0.508 e. The number of phenolic OH excluding ortho intramolecular Hbond substituents is 1. The van der Waals surface area contributed by atoms with Crippen molar-refractivity contribution < 1.29 is 14.2 Å². The molecule has 22 heavy (non-hydrogen) atoms. The zero-order valence-electron chi connectivity index (χ0n) is 12.6. The van der Waals surface area contributed by atoms with Gasteiger partial charge in [-0.05, 0) is 56.3 Å². The Bertz CT molecular complexity index is 791. The van der Waals surface area contributed by atoms with E-state index in [9.17, 15) is 9.50 Å². The maximum atomic E-state index is 13.5. The number of hydrogen-bond acceptors (Lipinski definition) is 2. The van der Waals surface area contributed by atoms with E-state index in [-0.39, 0.29) is 17.6 Å². The molecule has 0 amide bonds. The third-order valence-corrected chi connectivity index (χ3v) is 3.67. The lowest BCUT2D eigenvalue weighted by atomic mass is 10.2. The van der Waals surface area contributed by atoms with Crippen LogP contribution in [-0.4, -0.2) is 9.67 Å². The SMILES string of the molecule is CC(C)n1cc(COc2ccc(O)cc2)c2ccc(F)cc21. The summed E-state index contributed by atoms with van der Waals surface area (Å²) < 4.78 is 21.3. The van der Waals surface area contributed by atoms with Crippen molar-refractivity contribution >= 4 is 10.9 Å². The molecule has 3 aromatic rings. The van der Waals surface area contributed by atoms with Crippen molar-refractivity contribution in [3.05, 3.63) is 60.0 Å². The third kappa shape index (κ3) is 2.77. The fourth-order valence-electron chi connectivity index (χ4n) is 2.54. The normalized spacial score (nSPS) is 11.3. The lowest BCUT2D eigenvalue weighted by Crippen LogP contribution is -1.98. The average Bonchev–Trinajstić information content (AvgIpc) is 2.85. The van der Waals surface area contributed by atoms with Gasteiger partial charge in [-0.15, -0.1) is 0 Å². The molecule has 0 unspecified atom stereocenters. The minimum absolute atomic E-state index is 0.208. The molecular weight excluding hydrogens is 281 g/mol. The Balaban J connectivity index is 1.91. The van der Waals surface area contributed by atoms with E-state index in [0.29, 0.717) is 12.4 Å². The molecule has 1 aromatic heterocycles.